The van der Waals surface area contributed by atoms with Crippen LogP contribution in [0.5, 0.6) is 0 Å². The lowest BCUT2D eigenvalue weighted by Gasteiger charge is -1.91. The van der Waals surface area contributed by atoms with Crippen LogP contribution in [0.25, 0.3) is 11.1 Å². The summed E-state index contributed by atoms with van der Waals surface area (Å²) in [6, 6.07) is 17.5. The number of nitrogens with zero attached hydrogens (tertiary/aromatic N) is 1. The SMILES string of the molecule is CCc1ccccc1.O=CNCC(=O)c1nc2ccccc2o1. The second-order valence-electron chi connectivity index (χ2n) is 4.75. The van der Waals surface area contributed by atoms with E-state index in [4.69, 9.17) is 4.42 Å². The van der Waals surface area contributed by atoms with Gasteiger partial charge in [-0.3, -0.25) is 9.59 Å². The number of carbonyl (C=O) groups excluding carboxylic acids is 2. The molecule has 2 aromatic carbocycles. The Labute approximate surface area is 134 Å². The van der Waals surface area contributed by atoms with Crippen molar-refractivity contribution in [1.82, 2.24) is 10.3 Å². The molecule has 1 amide bonds. The van der Waals surface area contributed by atoms with Gasteiger partial charge in [-0.15, -0.1) is 0 Å². The Hall–Kier alpha value is -2.95. The summed E-state index contributed by atoms with van der Waals surface area (Å²) in [6.45, 7) is 2.06. The molecule has 1 heterocycles. The van der Waals surface area contributed by atoms with Gasteiger partial charge in [0.15, 0.2) is 5.58 Å². The number of hydrogen-bond acceptors (Lipinski definition) is 4. The van der Waals surface area contributed by atoms with E-state index >= 15 is 0 Å². The highest BCUT2D eigenvalue weighted by atomic mass is 16.4. The van der Waals surface area contributed by atoms with Crippen LogP contribution in [-0.4, -0.2) is 23.7 Å². The summed E-state index contributed by atoms with van der Waals surface area (Å²) in [5, 5.41) is 2.26. The first-order valence-electron chi connectivity index (χ1n) is 7.34. The van der Waals surface area contributed by atoms with Crippen molar-refractivity contribution >= 4 is 23.3 Å². The van der Waals surface area contributed by atoms with Gasteiger partial charge in [-0.2, -0.15) is 0 Å². The number of benzene rings is 2. The molecule has 0 aliphatic carbocycles. The number of nitrogens with one attached hydrogen (secondary N) is 1. The molecule has 23 heavy (non-hydrogen) atoms. The molecule has 5 heteroatoms. The average Bonchev–Trinajstić information content (AvgIpc) is 3.05. The van der Waals surface area contributed by atoms with Gasteiger partial charge >= 0.3 is 0 Å². The molecular formula is C18H18N2O3. The van der Waals surface area contributed by atoms with Crippen molar-refractivity contribution in [1.29, 1.82) is 0 Å². The van der Waals surface area contributed by atoms with Gasteiger partial charge in [-0.25, -0.2) is 4.98 Å². The Morgan fingerprint density at radius 3 is 2.43 bits per heavy atom. The lowest BCUT2D eigenvalue weighted by atomic mass is 10.2. The number of oxazole rings is 1. The molecule has 1 N–H and O–H groups in total. The summed E-state index contributed by atoms with van der Waals surface area (Å²) in [6.07, 6.45) is 1.60. The zero-order valence-electron chi connectivity index (χ0n) is 12.9. The molecule has 0 atom stereocenters. The van der Waals surface area contributed by atoms with E-state index in [-0.39, 0.29) is 18.2 Å². The molecule has 3 rings (SSSR count). The summed E-state index contributed by atoms with van der Waals surface area (Å²) in [7, 11) is 0. The van der Waals surface area contributed by atoms with Crippen molar-refractivity contribution in [3.05, 3.63) is 66.1 Å². The van der Waals surface area contributed by atoms with Crippen LogP contribution in [0.2, 0.25) is 0 Å². The van der Waals surface area contributed by atoms with Crippen LogP contribution in [0, 0.1) is 0 Å². The third-order valence-electron chi connectivity index (χ3n) is 3.13. The van der Waals surface area contributed by atoms with Crippen LogP contribution in [0.15, 0.2) is 59.0 Å². The molecular weight excluding hydrogens is 292 g/mol. The largest absolute Gasteiger partial charge is 0.434 e. The fourth-order valence-electron chi connectivity index (χ4n) is 1.92. The molecule has 3 aromatic rings. The van der Waals surface area contributed by atoms with Crippen molar-refractivity contribution in [3.8, 4) is 0 Å². The van der Waals surface area contributed by atoms with Gasteiger partial charge in [-0.1, -0.05) is 49.4 Å². The van der Waals surface area contributed by atoms with E-state index < -0.39 is 0 Å². The molecule has 0 saturated carbocycles. The quantitative estimate of drug-likeness (QED) is 0.581. The highest BCUT2D eigenvalue weighted by molar-refractivity contribution is 5.96. The minimum absolute atomic E-state index is 0.0190. The first-order chi connectivity index (χ1) is 11.2. The predicted molar refractivity (Wildman–Crippen MR) is 88.2 cm³/mol. The van der Waals surface area contributed by atoms with Crippen molar-refractivity contribution in [2.75, 3.05) is 6.54 Å². The monoisotopic (exact) mass is 310 g/mol. The van der Waals surface area contributed by atoms with Gasteiger partial charge in [0.2, 0.25) is 12.2 Å². The van der Waals surface area contributed by atoms with Crippen LogP contribution >= 0.6 is 0 Å². The Bertz CT molecular complexity index is 733. The van der Waals surface area contributed by atoms with E-state index in [0.29, 0.717) is 17.5 Å². The van der Waals surface area contributed by atoms with Crippen molar-refractivity contribution in [2.45, 2.75) is 13.3 Å². The maximum absolute atomic E-state index is 11.4. The van der Waals surface area contributed by atoms with Gasteiger partial charge in [-0.05, 0) is 24.1 Å². The smallest absolute Gasteiger partial charge is 0.266 e. The Kier molecular flexibility index (Phi) is 6.06. The number of rotatable bonds is 5. The summed E-state index contributed by atoms with van der Waals surface area (Å²) in [4.78, 5) is 25.4. The highest BCUT2D eigenvalue weighted by Gasteiger charge is 2.12. The Morgan fingerprint density at radius 1 is 1.13 bits per heavy atom. The fraction of sp³-hybridized carbons (Fsp3) is 0.167. The van der Waals surface area contributed by atoms with Crippen LogP contribution in [0.1, 0.15) is 23.2 Å². The highest BCUT2D eigenvalue weighted by Crippen LogP contribution is 2.14. The lowest BCUT2D eigenvalue weighted by molar-refractivity contribution is -0.109. The number of aromatic nitrogens is 1. The summed E-state index contributed by atoms with van der Waals surface area (Å²) >= 11 is 0. The van der Waals surface area contributed by atoms with Gasteiger partial charge < -0.3 is 9.73 Å². The third kappa shape index (κ3) is 4.78. The fourth-order valence-corrected chi connectivity index (χ4v) is 1.92. The van der Waals surface area contributed by atoms with Crippen LogP contribution in [-0.2, 0) is 11.2 Å². The average molecular weight is 310 g/mol. The normalized spacial score (nSPS) is 9.78. The molecule has 0 aliphatic heterocycles. The second kappa shape index (κ2) is 8.48. The zero-order chi connectivity index (χ0) is 16.5. The van der Waals surface area contributed by atoms with Crippen molar-refractivity contribution < 1.29 is 14.0 Å². The van der Waals surface area contributed by atoms with Crippen molar-refractivity contribution in [2.24, 2.45) is 0 Å². The summed E-state index contributed by atoms with van der Waals surface area (Å²) in [5.41, 5.74) is 2.60. The molecule has 5 nitrogen and oxygen atoms in total. The first kappa shape index (κ1) is 16.4. The zero-order valence-corrected chi connectivity index (χ0v) is 12.9. The number of amides is 1. The second-order valence-corrected chi connectivity index (χ2v) is 4.75. The molecule has 0 saturated heterocycles. The first-order valence-corrected chi connectivity index (χ1v) is 7.34. The van der Waals surface area contributed by atoms with E-state index in [2.05, 4.69) is 41.5 Å². The summed E-state index contributed by atoms with van der Waals surface area (Å²) in [5.74, 6) is -0.330. The summed E-state index contributed by atoms with van der Waals surface area (Å²) < 4.78 is 5.21. The maximum atomic E-state index is 11.4. The number of Topliss-reactive ketones (excluding diaryl/α,β-unsaturated/α-hetero) is 1. The molecule has 0 unspecified atom stereocenters. The van der Waals surface area contributed by atoms with Gasteiger partial charge in [0.05, 0.1) is 6.54 Å². The standard InChI is InChI=1S/C10H8N2O3.C8H10/c13-6-11-5-8(14)10-12-7-3-1-2-4-9(7)15-10;1-2-8-6-4-3-5-7-8/h1-4,6H,5H2,(H,11,13);3-7H,2H2,1H3. The number of hydrogen-bond donors (Lipinski definition) is 1. The molecule has 0 bridgehead atoms. The van der Waals surface area contributed by atoms with E-state index in [1.165, 1.54) is 5.56 Å². The van der Waals surface area contributed by atoms with Crippen molar-refractivity contribution in [3.63, 3.8) is 0 Å². The molecule has 118 valence electrons. The number of para-hydroxylation sites is 2. The van der Waals surface area contributed by atoms with E-state index in [0.717, 1.165) is 6.42 Å². The Balaban J connectivity index is 0.000000203. The third-order valence-corrected chi connectivity index (χ3v) is 3.13. The van der Waals surface area contributed by atoms with Gasteiger partial charge in [0.1, 0.15) is 5.52 Å². The van der Waals surface area contributed by atoms with Crippen LogP contribution in [0.4, 0.5) is 0 Å². The molecule has 0 aliphatic rings. The van der Waals surface area contributed by atoms with Gasteiger partial charge in [0, 0.05) is 0 Å². The van der Waals surface area contributed by atoms with Crippen LogP contribution in [0.3, 0.4) is 0 Å². The predicted octanol–water partition coefficient (Wildman–Crippen LogP) is 3.01. The number of ketones is 1. The minimum atomic E-state index is -0.349. The van der Waals surface area contributed by atoms with Gasteiger partial charge in [0.25, 0.3) is 5.89 Å². The number of aryl methyl sites for hydroxylation is 1. The minimum Gasteiger partial charge on any atom is -0.434 e. The molecule has 0 radical (unpaired) electrons. The molecule has 0 fully saturated rings. The Morgan fingerprint density at radius 2 is 1.83 bits per heavy atom. The number of carbonyl (C=O) groups is 2. The topological polar surface area (TPSA) is 72.2 Å². The molecule has 1 aromatic heterocycles. The van der Waals surface area contributed by atoms with E-state index in [9.17, 15) is 9.59 Å². The lowest BCUT2D eigenvalue weighted by Crippen LogP contribution is -2.21. The van der Waals surface area contributed by atoms with E-state index in [1.807, 2.05) is 12.1 Å². The molecule has 0 spiro atoms. The van der Waals surface area contributed by atoms with Crippen LogP contribution < -0.4 is 5.32 Å². The number of fused-ring (bicyclic) bond motifs is 1. The van der Waals surface area contributed by atoms with E-state index in [1.54, 1.807) is 18.2 Å². The maximum Gasteiger partial charge on any atom is 0.266 e.